The van der Waals surface area contributed by atoms with Gasteiger partial charge < -0.3 is 14.2 Å². The zero-order valence-electron chi connectivity index (χ0n) is 40.9. The number of esters is 3. The topological polar surface area (TPSA) is 78.9 Å². The molecule has 0 rings (SSSR count). The molecule has 6 nitrogen and oxygen atoms in total. The first-order valence-electron chi connectivity index (χ1n) is 26.3. The minimum Gasteiger partial charge on any atom is -0.462 e. The van der Waals surface area contributed by atoms with Crippen LogP contribution in [-0.2, 0) is 28.6 Å². The first-order chi connectivity index (χ1) is 30.5. The highest BCUT2D eigenvalue weighted by Gasteiger charge is 2.19. The molecule has 62 heavy (non-hydrogen) atoms. The Bertz CT molecular complexity index is 1130. The van der Waals surface area contributed by atoms with Crippen molar-refractivity contribution in [2.75, 3.05) is 13.2 Å². The van der Waals surface area contributed by atoms with Gasteiger partial charge in [-0.2, -0.15) is 0 Å². The molecular weight excluding hydrogens is 769 g/mol. The molecule has 358 valence electrons. The van der Waals surface area contributed by atoms with E-state index in [4.69, 9.17) is 14.2 Å². The van der Waals surface area contributed by atoms with E-state index in [1.807, 2.05) is 0 Å². The fourth-order valence-corrected chi connectivity index (χ4v) is 7.23. The monoisotopic (exact) mass is 867 g/mol. The van der Waals surface area contributed by atoms with Gasteiger partial charge in [0, 0.05) is 19.3 Å². The predicted molar refractivity (Wildman–Crippen MR) is 265 cm³/mol. The Morgan fingerprint density at radius 2 is 0.597 bits per heavy atom. The third kappa shape index (κ3) is 48.1. The molecule has 0 aliphatic heterocycles. The van der Waals surface area contributed by atoms with E-state index in [0.717, 1.165) is 83.5 Å². The van der Waals surface area contributed by atoms with Gasteiger partial charge in [-0.15, -0.1) is 0 Å². The molecule has 0 aromatic carbocycles. The maximum Gasteiger partial charge on any atom is 0.306 e. The molecule has 6 heteroatoms. The van der Waals surface area contributed by atoms with Crippen LogP contribution >= 0.6 is 0 Å². The molecule has 0 saturated heterocycles. The molecule has 0 saturated carbocycles. The molecule has 0 heterocycles. The highest BCUT2D eigenvalue weighted by Crippen LogP contribution is 2.14. The molecule has 0 aliphatic carbocycles. The Kier molecular flexibility index (Phi) is 48.4. The summed E-state index contributed by atoms with van der Waals surface area (Å²) in [7, 11) is 0. The van der Waals surface area contributed by atoms with E-state index in [9.17, 15) is 14.4 Å². The van der Waals surface area contributed by atoms with Crippen LogP contribution in [0, 0.1) is 0 Å². The summed E-state index contributed by atoms with van der Waals surface area (Å²) in [4.78, 5) is 37.9. The highest BCUT2D eigenvalue weighted by molar-refractivity contribution is 5.71. The average molecular weight is 867 g/mol. The Morgan fingerprint density at radius 3 is 1.00 bits per heavy atom. The Balaban J connectivity index is 4.37. The van der Waals surface area contributed by atoms with Gasteiger partial charge in [0.2, 0.25) is 0 Å². The van der Waals surface area contributed by atoms with Crippen molar-refractivity contribution in [2.45, 2.75) is 264 Å². The number of unbranched alkanes of at least 4 members (excludes halogenated alkanes) is 28. The summed E-state index contributed by atoms with van der Waals surface area (Å²) in [6.07, 6.45) is 62.1. The Labute approximate surface area is 383 Å². The van der Waals surface area contributed by atoms with Crippen molar-refractivity contribution in [3.8, 4) is 0 Å². The van der Waals surface area contributed by atoms with Crippen molar-refractivity contribution < 1.29 is 28.6 Å². The third-order valence-corrected chi connectivity index (χ3v) is 11.3. The van der Waals surface area contributed by atoms with E-state index in [2.05, 4.69) is 81.5 Å². The molecule has 0 aromatic heterocycles. The maximum absolute atomic E-state index is 12.8. The van der Waals surface area contributed by atoms with Crippen molar-refractivity contribution in [3.05, 3.63) is 60.8 Å². The Hall–Kier alpha value is -2.89. The lowest BCUT2D eigenvalue weighted by atomic mass is 10.1. The van der Waals surface area contributed by atoms with Gasteiger partial charge in [-0.25, -0.2) is 0 Å². The fraction of sp³-hybridized carbons (Fsp3) is 0.768. The minimum absolute atomic E-state index is 0.0902. The van der Waals surface area contributed by atoms with Gasteiger partial charge in [0.15, 0.2) is 6.10 Å². The van der Waals surface area contributed by atoms with Crippen LogP contribution in [0.25, 0.3) is 0 Å². The molecule has 0 spiro atoms. The van der Waals surface area contributed by atoms with Crippen LogP contribution in [0.4, 0.5) is 0 Å². The van der Waals surface area contributed by atoms with E-state index in [1.165, 1.54) is 135 Å². The third-order valence-electron chi connectivity index (χ3n) is 11.3. The standard InChI is InChI=1S/C56H98O6/c1-4-7-10-13-16-19-22-24-26-27-28-29-30-32-34-37-40-43-46-49-55(58)61-52-53(51-60-54(57)48-45-42-39-36-33-21-18-15-12-9-6-3)62-56(59)50-47-44-41-38-35-31-25-23-20-17-14-11-8-5-2/h15-16,18-19,21-22,24,31,33,35,53H,4-14,17,20,23,25-30,32,34,36-52H2,1-3H3/b18-15-,19-16-,24-22-,33-21-,35-31-. The van der Waals surface area contributed by atoms with Gasteiger partial charge in [-0.05, 0) is 89.9 Å². The van der Waals surface area contributed by atoms with Crippen molar-refractivity contribution in [3.63, 3.8) is 0 Å². The van der Waals surface area contributed by atoms with Crippen molar-refractivity contribution in [2.24, 2.45) is 0 Å². The van der Waals surface area contributed by atoms with Crippen LogP contribution in [0.5, 0.6) is 0 Å². The molecular formula is C56H98O6. The van der Waals surface area contributed by atoms with E-state index in [0.29, 0.717) is 19.3 Å². The summed E-state index contributed by atoms with van der Waals surface area (Å²) in [6, 6.07) is 0. The van der Waals surface area contributed by atoms with Gasteiger partial charge in [0.1, 0.15) is 13.2 Å². The Morgan fingerprint density at radius 1 is 0.323 bits per heavy atom. The first kappa shape index (κ1) is 59.1. The zero-order valence-corrected chi connectivity index (χ0v) is 40.9. The van der Waals surface area contributed by atoms with E-state index in [-0.39, 0.29) is 31.1 Å². The minimum atomic E-state index is -0.792. The number of hydrogen-bond acceptors (Lipinski definition) is 6. The first-order valence-corrected chi connectivity index (χ1v) is 26.3. The number of ether oxygens (including phenoxy) is 3. The summed E-state index contributed by atoms with van der Waals surface area (Å²) in [5.74, 6) is -0.935. The van der Waals surface area contributed by atoms with Crippen LogP contribution in [0.15, 0.2) is 60.8 Å². The zero-order chi connectivity index (χ0) is 45.1. The lowest BCUT2D eigenvalue weighted by Crippen LogP contribution is -2.30. The van der Waals surface area contributed by atoms with Crippen LogP contribution < -0.4 is 0 Å². The van der Waals surface area contributed by atoms with E-state index >= 15 is 0 Å². The van der Waals surface area contributed by atoms with Gasteiger partial charge in [-0.1, -0.05) is 210 Å². The van der Waals surface area contributed by atoms with Crippen LogP contribution in [0.3, 0.4) is 0 Å². The number of carbonyl (C=O) groups excluding carboxylic acids is 3. The van der Waals surface area contributed by atoms with Gasteiger partial charge in [0.05, 0.1) is 0 Å². The fourth-order valence-electron chi connectivity index (χ4n) is 7.23. The molecule has 0 radical (unpaired) electrons. The number of rotatable bonds is 47. The second-order valence-electron chi connectivity index (χ2n) is 17.5. The van der Waals surface area contributed by atoms with Crippen LogP contribution in [-0.4, -0.2) is 37.2 Å². The molecule has 0 aromatic rings. The lowest BCUT2D eigenvalue weighted by molar-refractivity contribution is -0.167. The van der Waals surface area contributed by atoms with Gasteiger partial charge in [0.25, 0.3) is 0 Å². The SMILES string of the molecule is CCCC/C=C\C=C/CCCCCC(=O)OCC(COC(=O)CCCCCCCCCCCC/C=C\C=C/CCCCC)OC(=O)CCCCC/C=C\CCCCCCCCC. The molecule has 0 bridgehead atoms. The van der Waals surface area contributed by atoms with Crippen LogP contribution in [0.1, 0.15) is 258 Å². The van der Waals surface area contributed by atoms with Gasteiger partial charge in [-0.3, -0.25) is 14.4 Å². The average Bonchev–Trinajstić information content (AvgIpc) is 3.27. The molecule has 0 N–H and O–H groups in total. The molecule has 1 atom stereocenters. The second kappa shape index (κ2) is 50.8. The molecule has 1 unspecified atom stereocenters. The number of allylic oxidation sites excluding steroid dienone is 10. The summed E-state index contributed by atoms with van der Waals surface area (Å²) < 4.78 is 16.8. The lowest BCUT2D eigenvalue weighted by Gasteiger charge is -2.18. The highest BCUT2D eigenvalue weighted by atomic mass is 16.6. The summed E-state index contributed by atoms with van der Waals surface area (Å²) >= 11 is 0. The predicted octanol–water partition coefficient (Wildman–Crippen LogP) is 17.3. The van der Waals surface area contributed by atoms with Crippen molar-refractivity contribution >= 4 is 17.9 Å². The quantitative estimate of drug-likeness (QED) is 0.0199. The molecule has 0 aliphatic rings. The maximum atomic E-state index is 12.8. The number of hydrogen-bond donors (Lipinski definition) is 0. The van der Waals surface area contributed by atoms with E-state index < -0.39 is 6.10 Å². The van der Waals surface area contributed by atoms with Crippen molar-refractivity contribution in [1.82, 2.24) is 0 Å². The largest absolute Gasteiger partial charge is 0.462 e. The normalized spacial score (nSPS) is 12.5. The molecule has 0 amide bonds. The smallest absolute Gasteiger partial charge is 0.306 e. The van der Waals surface area contributed by atoms with Crippen LogP contribution in [0.2, 0.25) is 0 Å². The number of carbonyl (C=O) groups is 3. The van der Waals surface area contributed by atoms with Gasteiger partial charge >= 0.3 is 17.9 Å². The molecule has 0 fully saturated rings. The second-order valence-corrected chi connectivity index (χ2v) is 17.5. The summed E-state index contributed by atoms with van der Waals surface area (Å²) in [5, 5.41) is 0. The van der Waals surface area contributed by atoms with Crippen molar-refractivity contribution in [1.29, 1.82) is 0 Å². The van der Waals surface area contributed by atoms with E-state index in [1.54, 1.807) is 0 Å². The summed E-state index contributed by atoms with van der Waals surface area (Å²) in [6.45, 7) is 6.52. The summed E-state index contributed by atoms with van der Waals surface area (Å²) in [5.41, 5.74) is 0.